The number of pyridine rings is 1. The fourth-order valence-electron chi connectivity index (χ4n) is 3.60. The fraction of sp³-hybridized carbons (Fsp3) is 0.435. The summed E-state index contributed by atoms with van der Waals surface area (Å²) in [4.78, 5) is 31.9. The van der Waals surface area contributed by atoms with Crippen LogP contribution in [0.4, 0.5) is 10.6 Å². The summed E-state index contributed by atoms with van der Waals surface area (Å²) in [5, 5.41) is -0.518. The summed E-state index contributed by atoms with van der Waals surface area (Å²) >= 11 is 1.11. The molecule has 1 aromatic carbocycles. The lowest BCUT2D eigenvalue weighted by Crippen LogP contribution is -2.29. The highest BCUT2D eigenvalue weighted by molar-refractivity contribution is 8.15. The maximum absolute atomic E-state index is 12.2. The number of hydrogen-bond acceptors (Lipinski definition) is 6. The van der Waals surface area contributed by atoms with Crippen LogP contribution in [0.3, 0.4) is 0 Å². The van der Waals surface area contributed by atoms with Gasteiger partial charge in [0.25, 0.3) is 5.24 Å². The third kappa shape index (κ3) is 4.61. The Labute approximate surface area is 274 Å². The van der Waals surface area contributed by atoms with Gasteiger partial charge in [0, 0.05) is 108 Å². The number of ether oxygens (including phenoxy) is 1. The van der Waals surface area contributed by atoms with E-state index in [9.17, 15) is 9.59 Å². The zero-order chi connectivity index (χ0) is 21.8. The quantitative estimate of drug-likeness (QED) is 0.325. The number of nitrogens with zero attached hydrogens (tertiary/aromatic N) is 3. The van der Waals surface area contributed by atoms with Crippen LogP contribution < -0.4 is 9.64 Å². The standard InChI is InChI=1S/C23H29N3O3S.62H2/c1-6-26(21-15(2)8-7-11-24-21)12-13-29-19-10-9-18(16(3)17(19)4)14-20-22(27)25(5)23(28)30-20;;;;;;;;;;;;;;;;;;;;;;;;;;;;;;;;;;;;;;;;;;;;;;;;;;;;;;;;;;;;;;/h7-11,20H,6,12-14H2,1-5H3;62*1H. The van der Waals surface area contributed by atoms with Crippen LogP contribution in [0.5, 0.6) is 5.75 Å². The third-order valence-electron chi connectivity index (χ3n) is 5.66. The molecule has 1 fully saturated rings. The van der Waals surface area contributed by atoms with Crippen molar-refractivity contribution in [1.29, 1.82) is 0 Å². The molecule has 1 aromatic heterocycles. The molecule has 7 heteroatoms. The van der Waals surface area contributed by atoms with Crippen LogP contribution in [-0.2, 0) is 11.2 Å². The first kappa shape index (κ1) is 22.2. The molecule has 0 saturated carbocycles. The predicted octanol–water partition coefficient (Wildman–Crippen LogP) is 19.4. The lowest BCUT2D eigenvalue weighted by Gasteiger charge is -2.24. The number of thioether (sulfide) groups is 1. The van der Waals surface area contributed by atoms with E-state index in [2.05, 4.69) is 29.8 Å². The Hall–Kier alpha value is -2.54. The number of carbonyl (C=O) groups excluding carboxylic acids is 2. The zero-order valence-electron chi connectivity index (χ0n) is 18.3. The lowest BCUT2D eigenvalue weighted by molar-refractivity contribution is -0.125. The molecule has 284 valence electrons. The Morgan fingerprint density at radius 3 is 2.60 bits per heavy atom. The van der Waals surface area contributed by atoms with Gasteiger partial charge in [-0.1, -0.05) is 23.9 Å². The number of anilines is 1. The molecule has 2 aromatic rings. The van der Waals surface area contributed by atoms with E-state index in [1.165, 1.54) is 4.90 Å². The van der Waals surface area contributed by atoms with Crippen LogP contribution in [0.2, 0.25) is 0 Å². The van der Waals surface area contributed by atoms with Crippen LogP contribution in [-0.4, -0.2) is 53.0 Å². The van der Waals surface area contributed by atoms with Crippen molar-refractivity contribution in [2.45, 2.75) is 39.4 Å². The van der Waals surface area contributed by atoms with E-state index < -0.39 is 0 Å². The second-order valence-electron chi connectivity index (χ2n) is 7.52. The molecule has 0 N–H and O–H groups in total. The Kier molecular flexibility index (Phi) is 7.02. The Balaban J connectivity index is -0.00000000285. The van der Waals surface area contributed by atoms with Crippen molar-refractivity contribution in [3.63, 3.8) is 0 Å². The van der Waals surface area contributed by atoms with Gasteiger partial charge < -0.3 is 9.64 Å². The molecule has 1 aliphatic heterocycles. The first-order chi connectivity index (χ1) is 14.3. The summed E-state index contributed by atoms with van der Waals surface area (Å²) in [6.45, 7) is 10.4. The number of carbonyl (C=O) groups is 2. The van der Waals surface area contributed by atoms with E-state index in [0.29, 0.717) is 13.0 Å². The smallest absolute Gasteiger partial charge is 0.288 e. The average molecular weight is 553 g/mol. The van der Waals surface area contributed by atoms with Crippen molar-refractivity contribution in [1.82, 2.24) is 9.88 Å². The summed E-state index contributed by atoms with van der Waals surface area (Å²) in [6, 6.07) is 7.99. The van der Waals surface area contributed by atoms with Crippen LogP contribution in [0, 0.1) is 20.8 Å². The number of aryl methyl sites for hydroxylation is 1. The van der Waals surface area contributed by atoms with E-state index in [1.54, 1.807) is 7.05 Å². The molecule has 6 nitrogen and oxygen atoms in total. The predicted molar refractivity (Wildman–Crippen MR) is 253 cm³/mol. The van der Waals surface area contributed by atoms with Gasteiger partial charge in [-0.15, -0.1) is 0 Å². The topological polar surface area (TPSA) is 62.7 Å². The van der Waals surface area contributed by atoms with Gasteiger partial charge >= 0.3 is 0 Å². The molecule has 3 rings (SSSR count). The molecular formula is C23H153N3O3S. The normalized spacial score (nSPS) is 16.3. The highest BCUT2D eigenvalue weighted by Gasteiger charge is 2.37. The summed E-state index contributed by atoms with van der Waals surface area (Å²) < 4.78 is 6.09. The molecule has 0 bridgehead atoms. The highest BCUT2D eigenvalue weighted by atomic mass is 32.2. The van der Waals surface area contributed by atoms with Gasteiger partial charge in [0.1, 0.15) is 18.2 Å². The van der Waals surface area contributed by atoms with Crippen molar-refractivity contribution in [2.24, 2.45) is 0 Å². The van der Waals surface area contributed by atoms with Gasteiger partial charge in [0.05, 0.1) is 11.8 Å². The molecule has 2 amide bonds. The summed E-state index contributed by atoms with van der Waals surface area (Å²) in [5.74, 6) is 1.72. The minimum absolute atomic E-state index is 0. The molecule has 0 aliphatic carbocycles. The minimum Gasteiger partial charge on any atom is -0.491 e. The summed E-state index contributed by atoms with van der Waals surface area (Å²) in [5.41, 5.74) is 4.41. The van der Waals surface area contributed by atoms with Crippen molar-refractivity contribution in [2.75, 3.05) is 31.6 Å². The minimum atomic E-state index is -0.341. The molecule has 1 aliphatic rings. The van der Waals surface area contributed by atoms with Gasteiger partial charge in [-0.05, 0) is 68.5 Å². The van der Waals surface area contributed by atoms with Crippen molar-refractivity contribution >= 4 is 28.7 Å². The second-order valence-corrected chi connectivity index (χ2v) is 8.67. The molecule has 0 radical (unpaired) electrons. The van der Waals surface area contributed by atoms with Crippen LogP contribution in [0.25, 0.3) is 0 Å². The Morgan fingerprint density at radius 2 is 1.97 bits per heavy atom. The van der Waals surface area contributed by atoms with Crippen LogP contribution in [0.15, 0.2) is 30.5 Å². The van der Waals surface area contributed by atoms with E-state index in [0.717, 1.165) is 58.7 Å². The van der Waals surface area contributed by atoms with Gasteiger partial charge in [-0.25, -0.2) is 4.98 Å². The largest absolute Gasteiger partial charge is 0.491 e. The first-order valence-corrected chi connectivity index (χ1v) is 11.1. The van der Waals surface area contributed by atoms with Crippen molar-refractivity contribution < 1.29 is 103 Å². The third-order valence-corrected chi connectivity index (χ3v) is 6.79. The van der Waals surface area contributed by atoms with Gasteiger partial charge in [0.15, 0.2) is 0 Å². The van der Waals surface area contributed by atoms with Crippen LogP contribution >= 0.6 is 11.8 Å². The number of hydrogen-bond donors (Lipinski definition) is 0. The molecule has 1 saturated heterocycles. The summed E-state index contributed by atoms with van der Waals surface area (Å²) in [6.07, 6.45) is 2.37. The van der Waals surface area contributed by atoms with Crippen molar-refractivity contribution in [3.05, 3.63) is 52.7 Å². The maximum Gasteiger partial charge on any atom is 0.288 e. The van der Waals surface area contributed by atoms with Gasteiger partial charge in [-0.2, -0.15) is 0 Å². The van der Waals surface area contributed by atoms with E-state index >= 15 is 0 Å². The second kappa shape index (κ2) is 9.51. The number of benzene rings is 1. The number of aromatic nitrogens is 1. The molecule has 0 spiro atoms. The Morgan fingerprint density at radius 1 is 1.20 bits per heavy atom. The number of rotatable bonds is 8. The molecular weight excluding hydrogens is 398 g/mol. The van der Waals surface area contributed by atoms with E-state index in [1.807, 2.05) is 38.2 Å². The van der Waals surface area contributed by atoms with Crippen LogP contribution in [0.1, 0.15) is 118 Å². The number of amides is 2. The SMILES string of the molecule is CCN(CCOc1ccc(CC2SC(=O)N(C)C2=O)c(C)c1C)c1ncccc1C.[HH].[HH].[HH].[HH].[HH].[HH].[HH].[HH].[HH].[HH].[HH].[HH].[HH].[HH].[HH].[HH].[HH].[HH].[HH].[HH].[HH].[HH].[HH].[HH].[HH].[HH].[HH].[HH].[HH].[HH].[HH].[HH].[HH].[HH].[HH].[HH].[HH].[HH].[HH].[HH].[HH].[HH].[HH].[HH].[HH].[HH].[HH].[HH].[HH].[HH].[HH].[HH].[HH].[HH].[HH].[HH].[HH].[HH].[HH].[HH].[HH].[HH]. The monoisotopic (exact) mass is 552 g/mol. The number of imide groups is 1. The molecule has 2 heterocycles. The lowest BCUT2D eigenvalue weighted by atomic mass is 9.98. The molecule has 1 atom stereocenters. The summed E-state index contributed by atoms with van der Waals surface area (Å²) in [7, 11) is 1.54. The van der Waals surface area contributed by atoms with Gasteiger partial charge in [-0.3, -0.25) is 14.5 Å². The zero-order valence-corrected chi connectivity index (χ0v) is 19.1. The van der Waals surface area contributed by atoms with Crippen molar-refractivity contribution in [3.8, 4) is 5.75 Å². The highest BCUT2D eigenvalue weighted by Crippen LogP contribution is 2.31. The average Bonchev–Trinajstić information content (AvgIpc) is 2.97. The maximum atomic E-state index is 12.2. The molecule has 1 unspecified atom stereocenters. The first-order valence-electron chi connectivity index (χ1n) is 10.2. The molecule has 30 heavy (non-hydrogen) atoms. The van der Waals surface area contributed by atoms with E-state index in [4.69, 9.17) is 4.74 Å². The Bertz CT molecular complexity index is 1030. The van der Waals surface area contributed by atoms with E-state index in [-0.39, 0.29) is 105 Å². The fourth-order valence-corrected chi connectivity index (χ4v) is 4.62. The number of likely N-dealkylation sites (N-methyl/N-ethyl adjacent to an activating group) is 1. The van der Waals surface area contributed by atoms with Gasteiger partial charge in [0.2, 0.25) is 5.91 Å².